The number of methoxy groups -OCH3 is 1. The van der Waals surface area contributed by atoms with Gasteiger partial charge in [0.25, 0.3) is 0 Å². The van der Waals surface area contributed by atoms with Crippen LogP contribution in [0.1, 0.15) is 44.7 Å². The van der Waals surface area contributed by atoms with Crippen LogP contribution in [0, 0.1) is 22.6 Å². The molecule has 1 fully saturated rings. The number of ether oxygens (including phenoxy) is 2. The Hall–Kier alpha value is -2.13. The Balaban J connectivity index is 0.00000109. The molecule has 0 radical (unpaired) electrons. The summed E-state index contributed by atoms with van der Waals surface area (Å²) in [5, 5.41) is 8.95. The Morgan fingerprint density at radius 2 is 2.16 bits per heavy atom. The molecule has 1 amide bonds. The molecule has 1 atom stereocenters. The van der Waals surface area contributed by atoms with Crippen LogP contribution in [-0.2, 0) is 16.1 Å². The maximum atomic E-state index is 14.3. The third-order valence-electron chi connectivity index (χ3n) is 4.61. The van der Waals surface area contributed by atoms with Gasteiger partial charge in [0.2, 0.25) is 5.91 Å². The van der Waals surface area contributed by atoms with E-state index in [1.54, 1.807) is 12.0 Å². The number of hydrogen-bond donors (Lipinski definition) is 0. The summed E-state index contributed by atoms with van der Waals surface area (Å²) in [7, 11) is 1.58. The van der Waals surface area contributed by atoms with Gasteiger partial charge in [0.05, 0.1) is 36.2 Å². The van der Waals surface area contributed by atoms with Crippen LogP contribution in [0.4, 0.5) is 4.39 Å². The summed E-state index contributed by atoms with van der Waals surface area (Å²) < 4.78 is 25.2. The van der Waals surface area contributed by atoms with E-state index in [1.165, 1.54) is 12.1 Å². The number of rotatable bonds is 3. The molecule has 1 aromatic carbocycles. The predicted molar refractivity (Wildman–Crippen MR) is 91.5 cm³/mol. The lowest BCUT2D eigenvalue weighted by atomic mass is 10.0. The number of hydrogen-bond acceptors (Lipinski definition) is 4. The van der Waals surface area contributed by atoms with Gasteiger partial charge in [-0.3, -0.25) is 4.79 Å². The van der Waals surface area contributed by atoms with Crippen molar-refractivity contribution in [3.63, 3.8) is 0 Å². The number of carbonyl (C=O) groups is 1. The van der Waals surface area contributed by atoms with Crippen LogP contribution in [0.25, 0.3) is 0 Å². The summed E-state index contributed by atoms with van der Waals surface area (Å²) in [6.45, 7) is 6.70. The fourth-order valence-electron chi connectivity index (χ4n) is 3.01. The van der Waals surface area contributed by atoms with Gasteiger partial charge in [0.15, 0.2) is 0 Å². The van der Waals surface area contributed by atoms with Crippen molar-refractivity contribution in [1.82, 2.24) is 4.90 Å². The number of nitriles is 1. The minimum atomic E-state index is -0.512. The molecule has 5 nitrogen and oxygen atoms in total. The van der Waals surface area contributed by atoms with Crippen molar-refractivity contribution >= 4 is 5.91 Å². The second kappa shape index (κ2) is 7.83. The summed E-state index contributed by atoms with van der Waals surface area (Å²) in [6, 6.07) is 4.46. The molecule has 2 aliphatic rings. The molecule has 25 heavy (non-hydrogen) atoms. The quantitative estimate of drug-likeness (QED) is 0.841. The molecule has 0 spiro atoms. The summed E-state index contributed by atoms with van der Waals surface area (Å²) >= 11 is 0. The fourth-order valence-corrected chi connectivity index (χ4v) is 3.01. The predicted octanol–water partition coefficient (Wildman–Crippen LogP) is 3.26. The Morgan fingerprint density at radius 3 is 2.72 bits per heavy atom. The van der Waals surface area contributed by atoms with Crippen molar-refractivity contribution in [3.8, 4) is 11.8 Å². The van der Waals surface area contributed by atoms with E-state index in [4.69, 9.17) is 14.7 Å². The van der Waals surface area contributed by atoms with Crippen molar-refractivity contribution in [1.29, 1.82) is 5.26 Å². The number of amides is 1. The van der Waals surface area contributed by atoms with Crippen molar-refractivity contribution in [3.05, 3.63) is 29.1 Å². The molecule has 3 rings (SSSR count). The van der Waals surface area contributed by atoms with E-state index >= 15 is 0 Å². The van der Waals surface area contributed by atoms with E-state index in [1.807, 2.05) is 26.8 Å². The lowest BCUT2D eigenvalue weighted by Crippen LogP contribution is -2.45. The highest BCUT2D eigenvalue weighted by Crippen LogP contribution is 2.48. The van der Waals surface area contributed by atoms with Crippen molar-refractivity contribution < 1.29 is 18.7 Å². The molecule has 0 saturated heterocycles. The summed E-state index contributed by atoms with van der Waals surface area (Å²) in [5.41, 5.74) is 0.0815. The summed E-state index contributed by atoms with van der Waals surface area (Å²) in [4.78, 5) is 14.6. The average molecular weight is 348 g/mol. The second-order valence-electron chi connectivity index (χ2n) is 6.35. The van der Waals surface area contributed by atoms with Gasteiger partial charge >= 0.3 is 0 Å². The molecule has 1 aromatic rings. The van der Waals surface area contributed by atoms with Gasteiger partial charge in [-0.2, -0.15) is 5.26 Å². The number of benzene rings is 1. The first-order chi connectivity index (χ1) is 12.0. The molecule has 6 heteroatoms. The first kappa shape index (κ1) is 19.2. The van der Waals surface area contributed by atoms with Crippen LogP contribution < -0.4 is 4.74 Å². The maximum absolute atomic E-state index is 14.3. The third kappa shape index (κ3) is 3.77. The lowest BCUT2D eigenvalue weighted by molar-refractivity contribution is -0.142. The zero-order valence-electron chi connectivity index (χ0n) is 15.3. The number of halogens is 1. The molecule has 1 aliphatic carbocycles. The van der Waals surface area contributed by atoms with Gasteiger partial charge < -0.3 is 14.4 Å². The van der Waals surface area contributed by atoms with Crippen LogP contribution in [0.2, 0.25) is 0 Å². The Morgan fingerprint density at radius 1 is 1.48 bits per heavy atom. The Labute approximate surface area is 148 Å². The van der Waals surface area contributed by atoms with E-state index in [0.717, 1.165) is 12.8 Å². The van der Waals surface area contributed by atoms with Gasteiger partial charge in [0.1, 0.15) is 18.2 Å². The lowest BCUT2D eigenvalue weighted by Gasteiger charge is -2.30. The number of carbonyl (C=O) groups excluding carboxylic acids is 1. The SMILES string of the molecule is CC.COCC1(C(=O)N2Cc3c(F)cc(C#N)cc3OCC2C)CC1. The topological polar surface area (TPSA) is 62.6 Å². The van der Waals surface area contributed by atoms with Gasteiger partial charge in [-0.05, 0) is 31.9 Å². The van der Waals surface area contributed by atoms with E-state index < -0.39 is 11.2 Å². The van der Waals surface area contributed by atoms with Gasteiger partial charge in [-0.1, -0.05) is 13.8 Å². The summed E-state index contributed by atoms with van der Waals surface area (Å²) in [5.74, 6) is -0.171. The number of nitrogens with zero attached hydrogens (tertiary/aromatic N) is 2. The standard InChI is InChI=1S/C17H19FN2O3.C2H6/c1-11-9-23-15-6-12(7-19)5-14(18)13(15)8-20(11)16(21)17(3-4-17)10-22-2;1-2/h5-6,11H,3-4,8-10H2,1-2H3;1-2H3. The second-order valence-corrected chi connectivity index (χ2v) is 6.35. The monoisotopic (exact) mass is 348 g/mol. The molecule has 0 N–H and O–H groups in total. The zero-order chi connectivity index (χ0) is 18.6. The highest BCUT2D eigenvalue weighted by atomic mass is 19.1. The van der Waals surface area contributed by atoms with Crippen molar-refractivity contribution in [2.75, 3.05) is 20.3 Å². The molecular weight excluding hydrogens is 323 g/mol. The minimum Gasteiger partial charge on any atom is -0.491 e. The van der Waals surface area contributed by atoms with Gasteiger partial charge in [-0.25, -0.2) is 4.39 Å². The molecule has 0 bridgehead atoms. The van der Waals surface area contributed by atoms with E-state index in [2.05, 4.69) is 0 Å². The van der Waals surface area contributed by atoms with E-state index in [0.29, 0.717) is 17.9 Å². The van der Waals surface area contributed by atoms with Crippen LogP contribution >= 0.6 is 0 Å². The van der Waals surface area contributed by atoms with Crippen LogP contribution in [0.5, 0.6) is 5.75 Å². The largest absolute Gasteiger partial charge is 0.491 e. The molecule has 1 aliphatic heterocycles. The molecular formula is C19H25FN2O3. The van der Waals surface area contributed by atoms with E-state index in [9.17, 15) is 9.18 Å². The van der Waals surface area contributed by atoms with E-state index in [-0.39, 0.29) is 30.7 Å². The van der Waals surface area contributed by atoms with Crippen LogP contribution in [0.3, 0.4) is 0 Å². The normalized spacial score (nSPS) is 20.2. The first-order valence-electron chi connectivity index (χ1n) is 8.66. The zero-order valence-corrected chi connectivity index (χ0v) is 15.3. The van der Waals surface area contributed by atoms with Crippen molar-refractivity contribution in [2.24, 2.45) is 5.41 Å². The fraction of sp³-hybridized carbons (Fsp3) is 0.579. The van der Waals surface area contributed by atoms with Crippen LogP contribution in [0.15, 0.2) is 12.1 Å². The molecule has 1 heterocycles. The Kier molecular flexibility index (Phi) is 6.02. The first-order valence-corrected chi connectivity index (χ1v) is 8.66. The third-order valence-corrected chi connectivity index (χ3v) is 4.61. The van der Waals surface area contributed by atoms with Gasteiger partial charge in [-0.15, -0.1) is 0 Å². The Bertz CT molecular complexity index is 680. The molecule has 136 valence electrons. The smallest absolute Gasteiger partial charge is 0.231 e. The molecule has 1 saturated carbocycles. The summed E-state index contributed by atoms with van der Waals surface area (Å²) in [6.07, 6.45) is 1.60. The maximum Gasteiger partial charge on any atom is 0.231 e. The molecule has 1 unspecified atom stereocenters. The van der Waals surface area contributed by atoms with Crippen molar-refractivity contribution in [2.45, 2.75) is 46.2 Å². The van der Waals surface area contributed by atoms with Crippen LogP contribution in [-0.4, -0.2) is 37.2 Å². The average Bonchev–Trinajstić information content (AvgIpc) is 3.42. The highest BCUT2D eigenvalue weighted by Gasteiger charge is 2.52. The van der Waals surface area contributed by atoms with Gasteiger partial charge in [0, 0.05) is 12.7 Å². The highest BCUT2D eigenvalue weighted by molar-refractivity contribution is 5.86. The minimum absolute atomic E-state index is 0.00735. The molecule has 0 aromatic heterocycles. The number of fused-ring (bicyclic) bond motifs is 1.